The summed E-state index contributed by atoms with van der Waals surface area (Å²) >= 11 is 0. The molecule has 0 amide bonds. The van der Waals surface area contributed by atoms with Gasteiger partial charge in [0.05, 0.1) is 0 Å². The van der Waals surface area contributed by atoms with Crippen molar-refractivity contribution in [2.75, 3.05) is 18.1 Å². The van der Waals surface area contributed by atoms with Gasteiger partial charge in [0, 0.05) is 24.0 Å². The monoisotopic (exact) mass is 181 g/mol. The fraction of sp³-hybridized carbons (Fsp3) is 0.250. The first-order valence-corrected chi connectivity index (χ1v) is 3.89. The van der Waals surface area contributed by atoms with Gasteiger partial charge in [-0.1, -0.05) is 0 Å². The minimum atomic E-state index is -1.35. The van der Waals surface area contributed by atoms with Gasteiger partial charge < -0.3 is 11.1 Å². The number of anilines is 2. The van der Waals surface area contributed by atoms with Crippen LogP contribution in [0.2, 0.25) is 0 Å². The molecular formula is C8H15N5. The van der Waals surface area contributed by atoms with E-state index in [4.69, 9.17) is 22.9 Å². The second-order valence-corrected chi connectivity index (χ2v) is 3.03. The van der Waals surface area contributed by atoms with E-state index in [0.29, 0.717) is 11.3 Å². The zero-order valence-corrected chi connectivity index (χ0v) is 7.54. The summed E-state index contributed by atoms with van der Waals surface area (Å²) in [6, 6.07) is 5.19. The molecule has 1 rings (SSSR count). The maximum atomic E-state index is 5.62. The van der Waals surface area contributed by atoms with Gasteiger partial charge in [0.1, 0.15) is 5.79 Å². The molecule has 9 N–H and O–H groups in total. The van der Waals surface area contributed by atoms with Crippen molar-refractivity contribution in [3.05, 3.63) is 23.8 Å². The lowest BCUT2D eigenvalue weighted by atomic mass is 10.1. The zero-order valence-electron chi connectivity index (χ0n) is 7.54. The molecule has 0 radical (unpaired) electrons. The highest BCUT2D eigenvalue weighted by molar-refractivity contribution is 5.57. The maximum absolute atomic E-state index is 5.62. The summed E-state index contributed by atoms with van der Waals surface area (Å²) in [4.78, 5) is 0. The Morgan fingerprint density at radius 2 is 1.77 bits per heavy atom. The van der Waals surface area contributed by atoms with Gasteiger partial charge >= 0.3 is 0 Å². The Balaban J connectivity index is 3.16. The second kappa shape index (κ2) is 3.21. The van der Waals surface area contributed by atoms with Crippen LogP contribution >= 0.6 is 0 Å². The molecule has 0 saturated heterocycles. The van der Waals surface area contributed by atoms with E-state index in [9.17, 15) is 0 Å². The molecule has 1 aromatic rings. The first kappa shape index (κ1) is 9.79. The highest BCUT2D eigenvalue weighted by atomic mass is 15.1. The first-order valence-electron chi connectivity index (χ1n) is 3.89. The van der Waals surface area contributed by atoms with Crippen molar-refractivity contribution in [2.45, 2.75) is 5.79 Å². The lowest BCUT2D eigenvalue weighted by Gasteiger charge is -2.20. The summed E-state index contributed by atoms with van der Waals surface area (Å²) in [7, 11) is 1.78. The molecule has 0 aromatic heterocycles. The molecule has 1 aromatic carbocycles. The van der Waals surface area contributed by atoms with Crippen LogP contribution in [0.1, 0.15) is 5.56 Å². The fourth-order valence-corrected chi connectivity index (χ4v) is 1.05. The molecule has 0 aliphatic heterocycles. The topological polar surface area (TPSA) is 116 Å². The lowest BCUT2D eigenvalue weighted by Crippen LogP contribution is -2.54. The number of hydrogen-bond donors (Lipinski definition) is 5. The van der Waals surface area contributed by atoms with Gasteiger partial charge in [-0.05, 0) is 18.2 Å². The third kappa shape index (κ3) is 2.32. The summed E-state index contributed by atoms with van der Waals surface area (Å²) in [5.41, 5.74) is 24.2. The second-order valence-electron chi connectivity index (χ2n) is 3.03. The Kier molecular flexibility index (Phi) is 2.42. The fourth-order valence-electron chi connectivity index (χ4n) is 1.05. The molecule has 0 saturated carbocycles. The van der Waals surface area contributed by atoms with Gasteiger partial charge in [0.15, 0.2) is 0 Å². The molecule has 0 spiro atoms. The summed E-state index contributed by atoms with van der Waals surface area (Å²) in [5, 5.41) is 2.93. The van der Waals surface area contributed by atoms with Crippen molar-refractivity contribution < 1.29 is 0 Å². The van der Waals surface area contributed by atoms with E-state index >= 15 is 0 Å². The Labute approximate surface area is 77.1 Å². The standard InChI is InChI=1S/C8H15N5/c1-13-7-3-5(8(10,11)12)2-6(9)4-7/h2-4,13H,9-12H2,1H3. The van der Waals surface area contributed by atoms with Crippen molar-refractivity contribution in [3.63, 3.8) is 0 Å². The predicted octanol–water partition coefficient (Wildman–Crippen LogP) is -0.703. The Bertz CT molecular complexity index is 302. The molecule has 0 bridgehead atoms. The molecule has 0 heterocycles. The number of nitrogens with two attached hydrogens (primary N) is 4. The summed E-state index contributed by atoms with van der Waals surface area (Å²) in [6.07, 6.45) is 0. The minimum absolute atomic E-state index is 0.576. The van der Waals surface area contributed by atoms with E-state index in [1.165, 1.54) is 0 Å². The minimum Gasteiger partial charge on any atom is -0.399 e. The summed E-state index contributed by atoms with van der Waals surface area (Å²) < 4.78 is 0. The van der Waals surface area contributed by atoms with Crippen molar-refractivity contribution in [3.8, 4) is 0 Å². The van der Waals surface area contributed by atoms with Gasteiger partial charge in [0.2, 0.25) is 0 Å². The van der Waals surface area contributed by atoms with Crippen LogP contribution in [0.15, 0.2) is 18.2 Å². The van der Waals surface area contributed by atoms with E-state index in [2.05, 4.69) is 5.32 Å². The average molecular weight is 181 g/mol. The number of hydrogen-bond acceptors (Lipinski definition) is 5. The van der Waals surface area contributed by atoms with Gasteiger partial charge in [-0.15, -0.1) is 0 Å². The van der Waals surface area contributed by atoms with Crippen molar-refractivity contribution >= 4 is 11.4 Å². The molecular weight excluding hydrogens is 166 g/mol. The number of nitrogen functional groups attached to an aromatic ring is 1. The lowest BCUT2D eigenvalue weighted by molar-refractivity contribution is 0.489. The molecule has 5 heteroatoms. The highest BCUT2D eigenvalue weighted by Crippen LogP contribution is 2.18. The molecule has 72 valence electrons. The summed E-state index contributed by atoms with van der Waals surface area (Å²) in [6.45, 7) is 0. The molecule has 0 aliphatic carbocycles. The van der Waals surface area contributed by atoms with E-state index in [-0.39, 0.29) is 0 Å². The van der Waals surface area contributed by atoms with Crippen LogP contribution in [0.5, 0.6) is 0 Å². The zero-order chi connectivity index (χ0) is 10.1. The normalized spacial score (nSPS) is 11.4. The molecule has 13 heavy (non-hydrogen) atoms. The Morgan fingerprint density at radius 3 is 2.23 bits per heavy atom. The quantitative estimate of drug-likeness (QED) is 0.305. The van der Waals surface area contributed by atoms with E-state index < -0.39 is 5.79 Å². The van der Waals surface area contributed by atoms with Crippen molar-refractivity contribution in [2.24, 2.45) is 17.2 Å². The van der Waals surface area contributed by atoms with E-state index in [1.54, 1.807) is 25.2 Å². The van der Waals surface area contributed by atoms with Crippen molar-refractivity contribution in [1.82, 2.24) is 0 Å². The Hall–Kier alpha value is -1.30. The SMILES string of the molecule is CNc1cc(N)cc(C(N)(N)N)c1. The Morgan fingerprint density at radius 1 is 1.15 bits per heavy atom. The van der Waals surface area contributed by atoms with Crippen LogP contribution in [0, 0.1) is 0 Å². The largest absolute Gasteiger partial charge is 0.399 e. The van der Waals surface area contributed by atoms with Gasteiger partial charge in [-0.2, -0.15) is 0 Å². The van der Waals surface area contributed by atoms with Crippen LogP contribution < -0.4 is 28.3 Å². The molecule has 0 atom stereocenters. The third-order valence-electron chi connectivity index (χ3n) is 1.74. The van der Waals surface area contributed by atoms with Gasteiger partial charge in [-0.25, -0.2) is 0 Å². The molecule has 0 unspecified atom stereocenters. The van der Waals surface area contributed by atoms with Crippen molar-refractivity contribution in [1.29, 1.82) is 0 Å². The van der Waals surface area contributed by atoms with E-state index in [0.717, 1.165) is 5.69 Å². The number of nitrogens with one attached hydrogen (secondary N) is 1. The van der Waals surface area contributed by atoms with Crippen LogP contribution in [0.25, 0.3) is 0 Å². The smallest absolute Gasteiger partial charge is 0.143 e. The van der Waals surface area contributed by atoms with E-state index in [1.807, 2.05) is 0 Å². The van der Waals surface area contributed by atoms with Gasteiger partial charge in [0.25, 0.3) is 0 Å². The third-order valence-corrected chi connectivity index (χ3v) is 1.74. The van der Waals surface area contributed by atoms with Crippen LogP contribution in [-0.2, 0) is 5.79 Å². The van der Waals surface area contributed by atoms with Gasteiger partial charge in [-0.3, -0.25) is 17.2 Å². The maximum Gasteiger partial charge on any atom is 0.143 e. The average Bonchev–Trinajstić information content (AvgIpc) is 2.01. The highest BCUT2D eigenvalue weighted by Gasteiger charge is 2.15. The molecule has 5 nitrogen and oxygen atoms in total. The van der Waals surface area contributed by atoms with Crippen LogP contribution in [0.3, 0.4) is 0 Å². The predicted molar refractivity (Wildman–Crippen MR) is 54.6 cm³/mol. The molecule has 0 aliphatic rings. The number of rotatable bonds is 2. The number of benzene rings is 1. The van der Waals surface area contributed by atoms with Crippen LogP contribution in [-0.4, -0.2) is 7.05 Å². The van der Waals surface area contributed by atoms with Crippen LogP contribution in [0.4, 0.5) is 11.4 Å². The molecule has 0 fully saturated rings. The summed E-state index contributed by atoms with van der Waals surface area (Å²) in [5.74, 6) is -1.35. The first-order chi connectivity index (χ1) is 5.93.